The summed E-state index contributed by atoms with van der Waals surface area (Å²) in [6.07, 6.45) is 4.66. The van der Waals surface area contributed by atoms with Gasteiger partial charge in [-0.25, -0.2) is 0 Å². The fraction of sp³-hybridized carbons (Fsp3) is 0.538. The van der Waals surface area contributed by atoms with Crippen molar-refractivity contribution in [1.82, 2.24) is 0 Å². The lowest BCUT2D eigenvalue weighted by molar-refractivity contribution is -0.0231. The summed E-state index contributed by atoms with van der Waals surface area (Å²) in [4.78, 5) is 0. The molecule has 2 unspecified atom stereocenters. The number of alkyl halides is 1. The molecule has 1 aromatic rings. The molecule has 2 atom stereocenters. The van der Waals surface area contributed by atoms with E-state index in [9.17, 15) is 0 Å². The van der Waals surface area contributed by atoms with Crippen LogP contribution in [-0.4, -0.2) is 22.1 Å². The molecule has 1 heterocycles. The predicted molar refractivity (Wildman–Crippen MR) is 72.1 cm³/mol. The Morgan fingerprint density at radius 2 is 2.06 bits per heavy atom. The lowest BCUT2D eigenvalue weighted by Crippen LogP contribution is -2.37. The van der Waals surface area contributed by atoms with Gasteiger partial charge in [-0.15, -0.1) is 11.6 Å². The van der Waals surface area contributed by atoms with E-state index in [1.807, 2.05) is 18.2 Å². The first-order valence-electron chi connectivity index (χ1n) is 6.03. The molecule has 2 rings (SSSR count). The van der Waals surface area contributed by atoms with Gasteiger partial charge in [-0.3, -0.25) is 0 Å². The third-order valence-electron chi connectivity index (χ3n) is 3.32. The molecule has 1 saturated heterocycles. The zero-order valence-electron chi connectivity index (χ0n) is 9.79. The second kappa shape index (κ2) is 5.35. The van der Waals surface area contributed by atoms with Crippen molar-refractivity contribution in [2.24, 2.45) is 0 Å². The first-order chi connectivity index (χ1) is 7.70. The Bertz CT molecular complexity index is 322. The summed E-state index contributed by atoms with van der Waals surface area (Å²) in [5, 5.41) is 0.206. The van der Waals surface area contributed by atoms with E-state index in [2.05, 4.69) is 12.1 Å². The molecule has 0 bridgehead atoms. The third kappa shape index (κ3) is 3.09. The lowest BCUT2D eigenvalue weighted by atomic mass is 10.00. The van der Waals surface area contributed by atoms with E-state index in [0.29, 0.717) is 0 Å². The van der Waals surface area contributed by atoms with Gasteiger partial charge in [0.1, 0.15) is 0 Å². The molecule has 0 aromatic heterocycles. The molecule has 3 heteroatoms. The van der Waals surface area contributed by atoms with Crippen LogP contribution in [0.3, 0.4) is 0 Å². The molecule has 88 valence electrons. The summed E-state index contributed by atoms with van der Waals surface area (Å²) in [5.74, 6) is 0. The van der Waals surface area contributed by atoms with Gasteiger partial charge in [0.05, 0.1) is 10.6 Å². The van der Waals surface area contributed by atoms with Crippen LogP contribution in [0.15, 0.2) is 30.3 Å². The van der Waals surface area contributed by atoms with Crippen molar-refractivity contribution in [3.8, 4) is 0 Å². The van der Waals surface area contributed by atoms with Gasteiger partial charge in [0.2, 0.25) is 0 Å². The molecule has 0 saturated carbocycles. The maximum Gasteiger partial charge on any atom is 0.0609 e. The SMILES string of the molecule is [SiH3]C1(CC(Cl)c2ccccc2)CCCCO1. The van der Waals surface area contributed by atoms with Crippen LogP contribution in [0.1, 0.15) is 36.6 Å². The monoisotopic (exact) mass is 254 g/mol. The number of hydrogen-bond donors (Lipinski definition) is 0. The fourth-order valence-corrected chi connectivity index (χ4v) is 4.01. The van der Waals surface area contributed by atoms with Crippen LogP contribution >= 0.6 is 11.6 Å². The molecule has 0 radical (unpaired) electrons. The second-order valence-electron chi connectivity index (χ2n) is 4.84. The molecule has 1 nitrogen and oxygen atoms in total. The first kappa shape index (κ1) is 12.2. The van der Waals surface area contributed by atoms with Crippen molar-refractivity contribution >= 4 is 21.8 Å². The molecule has 1 fully saturated rings. The van der Waals surface area contributed by atoms with Crippen LogP contribution in [0.2, 0.25) is 0 Å². The molecule has 0 N–H and O–H groups in total. The maximum atomic E-state index is 6.47. The Morgan fingerprint density at radius 1 is 1.31 bits per heavy atom. The average molecular weight is 255 g/mol. The van der Waals surface area contributed by atoms with E-state index < -0.39 is 0 Å². The van der Waals surface area contributed by atoms with Gasteiger partial charge in [0.25, 0.3) is 0 Å². The van der Waals surface area contributed by atoms with Crippen molar-refractivity contribution < 1.29 is 4.74 Å². The van der Waals surface area contributed by atoms with E-state index in [4.69, 9.17) is 16.3 Å². The Hall–Kier alpha value is -0.313. The lowest BCUT2D eigenvalue weighted by Gasteiger charge is -2.35. The topological polar surface area (TPSA) is 9.23 Å². The highest BCUT2D eigenvalue weighted by molar-refractivity contribution is 6.22. The molecule has 0 aliphatic carbocycles. The Labute approximate surface area is 106 Å². The van der Waals surface area contributed by atoms with E-state index in [1.54, 1.807) is 0 Å². The number of benzene rings is 1. The van der Waals surface area contributed by atoms with Crippen LogP contribution in [0.5, 0.6) is 0 Å². The van der Waals surface area contributed by atoms with Crippen molar-refractivity contribution in [1.29, 1.82) is 0 Å². The van der Waals surface area contributed by atoms with Crippen LogP contribution < -0.4 is 0 Å². The Balaban J connectivity index is 1.98. The molecule has 1 aromatic carbocycles. The molecule has 16 heavy (non-hydrogen) atoms. The third-order valence-corrected chi connectivity index (χ3v) is 4.93. The van der Waals surface area contributed by atoms with Crippen molar-refractivity contribution in [3.63, 3.8) is 0 Å². The van der Waals surface area contributed by atoms with E-state index in [-0.39, 0.29) is 10.6 Å². The highest BCUT2D eigenvalue weighted by Gasteiger charge is 2.30. The zero-order chi connectivity index (χ0) is 11.4. The smallest absolute Gasteiger partial charge is 0.0609 e. The van der Waals surface area contributed by atoms with Crippen LogP contribution in [0.25, 0.3) is 0 Å². The van der Waals surface area contributed by atoms with Crippen LogP contribution in [0, 0.1) is 0 Å². The minimum absolute atomic E-state index is 0.0943. The largest absolute Gasteiger partial charge is 0.379 e. The van der Waals surface area contributed by atoms with Gasteiger partial charge < -0.3 is 4.74 Å². The Kier molecular flexibility index (Phi) is 4.06. The summed E-state index contributed by atoms with van der Waals surface area (Å²) in [6.45, 7) is 0.919. The number of rotatable bonds is 3. The van der Waals surface area contributed by atoms with Crippen molar-refractivity contribution in [2.75, 3.05) is 6.61 Å². The second-order valence-corrected chi connectivity index (χ2v) is 7.19. The summed E-state index contributed by atoms with van der Waals surface area (Å²) in [7, 11) is 1.07. The average Bonchev–Trinajstić information content (AvgIpc) is 2.30. The van der Waals surface area contributed by atoms with Gasteiger partial charge >= 0.3 is 0 Å². The summed E-state index contributed by atoms with van der Waals surface area (Å²) >= 11 is 6.47. The van der Waals surface area contributed by atoms with Crippen molar-refractivity contribution in [3.05, 3.63) is 35.9 Å². The predicted octanol–water partition coefficient (Wildman–Crippen LogP) is 2.62. The standard InChI is InChI=1S/C13H19ClOSi/c14-12(11-6-2-1-3-7-11)10-13(16)8-4-5-9-15-13/h1-3,6-7,12H,4-5,8-10H2,16H3. The van der Waals surface area contributed by atoms with Gasteiger partial charge in [0.15, 0.2) is 0 Å². The first-order valence-corrected chi connectivity index (χ1v) is 7.46. The summed E-state index contributed by atoms with van der Waals surface area (Å²) in [6, 6.07) is 10.3. The fourth-order valence-electron chi connectivity index (χ4n) is 2.31. The number of hydrogen-bond acceptors (Lipinski definition) is 1. The molecular formula is C13H19ClOSi. The van der Waals surface area contributed by atoms with Gasteiger partial charge in [-0.2, -0.15) is 0 Å². The quantitative estimate of drug-likeness (QED) is 0.595. The highest BCUT2D eigenvalue weighted by Crippen LogP contribution is 2.34. The summed E-state index contributed by atoms with van der Waals surface area (Å²) in [5.41, 5.74) is 1.22. The molecule has 1 aliphatic heterocycles. The molecule has 0 spiro atoms. The summed E-state index contributed by atoms with van der Waals surface area (Å²) < 4.78 is 5.93. The van der Waals surface area contributed by atoms with Crippen LogP contribution in [-0.2, 0) is 4.74 Å². The normalized spacial score (nSPS) is 27.8. The van der Waals surface area contributed by atoms with Gasteiger partial charge in [-0.1, -0.05) is 30.3 Å². The van der Waals surface area contributed by atoms with E-state index in [0.717, 1.165) is 23.3 Å². The van der Waals surface area contributed by atoms with Crippen molar-refractivity contribution in [2.45, 2.75) is 36.3 Å². The number of halogens is 1. The molecule has 1 aliphatic rings. The van der Waals surface area contributed by atoms with Crippen LogP contribution in [0.4, 0.5) is 0 Å². The Morgan fingerprint density at radius 3 is 2.69 bits per heavy atom. The zero-order valence-corrected chi connectivity index (χ0v) is 12.5. The minimum Gasteiger partial charge on any atom is -0.379 e. The highest BCUT2D eigenvalue weighted by atomic mass is 35.5. The molecule has 0 amide bonds. The molecular weight excluding hydrogens is 236 g/mol. The minimum atomic E-state index is 0.0943. The van der Waals surface area contributed by atoms with Gasteiger partial charge in [0, 0.05) is 16.8 Å². The van der Waals surface area contributed by atoms with E-state index in [1.165, 1.54) is 24.8 Å². The van der Waals surface area contributed by atoms with E-state index >= 15 is 0 Å². The number of ether oxygens (including phenoxy) is 1. The van der Waals surface area contributed by atoms with Gasteiger partial charge in [-0.05, 0) is 31.2 Å². The maximum absolute atomic E-state index is 6.47.